The molecule has 8 nitrogen and oxygen atoms in total. The first-order valence-corrected chi connectivity index (χ1v) is 12.0. The Labute approximate surface area is 207 Å². The normalized spacial score (nSPS) is 18.3. The summed E-state index contributed by atoms with van der Waals surface area (Å²) in [5.41, 5.74) is 1.79. The second-order valence-electron chi connectivity index (χ2n) is 9.06. The number of nitrogens with zero attached hydrogens (tertiary/aromatic N) is 4. The number of rotatable bonds is 7. The highest BCUT2D eigenvalue weighted by Crippen LogP contribution is 2.27. The second-order valence-corrected chi connectivity index (χ2v) is 9.06. The molecule has 0 saturated carbocycles. The van der Waals surface area contributed by atoms with E-state index in [1.54, 1.807) is 47.6 Å². The van der Waals surface area contributed by atoms with Crippen LogP contribution in [0.1, 0.15) is 55.1 Å². The van der Waals surface area contributed by atoms with Crippen LogP contribution in [0.5, 0.6) is 5.88 Å². The average molecular weight is 479 g/mol. The van der Waals surface area contributed by atoms with Crippen molar-refractivity contribution in [2.45, 2.75) is 52.2 Å². The van der Waals surface area contributed by atoms with E-state index in [4.69, 9.17) is 4.74 Å². The fourth-order valence-electron chi connectivity index (χ4n) is 3.86. The van der Waals surface area contributed by atoms with Crippen LogP contribution in [0.25, 0.3) is 0 Å². The van der Waals surface area contributed by atoms with Gasteiger partial charge in [0, 0.05) is 50.1 Å². The van der Waals surface area contributed by atoms with E-state index in [-0.39, 0.29) is 42.7 Å². The van der Waals surface area contributed by atoms with Crippen LogP contribution in [0, 0.1) is 17.8 Å². The molecule has 3 rings (SSSR count). The molecule has 0 spiro atoms. The van der Waals surface area contributed by atoms with Gasteiger partial charge < -0.3 is 19.6 Å². The molecule has 0 unspecified atom stereocenters. The van der Waals surface area contributed by atoms with Crippen LogP contribution < -0.4 is 4.74 Å². The minimum absolute atomic E-state index is 0.0535. The minimum atomic E-state index is -0.400. The number of aliphatic hydroxyl groups is 1. The van der Waals surface area contributed by atoms with Gasteiger partial charge in [0.1, 0.15) is 11.7 Å². The number of aromatic nitrogens is 2. The molecule has 1 N–H and O–H groups in total. The fraction of sp³-hybridized carbons (Fsp3) is 0.481. The average Bonchev–Trinajstić information content (AvgIpc) is 2.86. The molecule has 2 aromatic heterocycles. The van der Waals surface area contributed by atoms with Crippen molar-refractivity contribution in [1.29, 1.82) is 0 Å². The van der Waals surface area contributed by atoms with Gasteiger partial charge in [-0.1, -0.05) is 31.8 Å². The lowest BCUT2D eigenvalue weighted by atomic mass is 9.99. The Kier molecular flexibility index (Phi) is 9.21. The molecule has 0 aromatic carbocycles. The molecule has 1 aliphatic rings. The van der Waals surface area contributed by atoms with Gasteiger partial charge in [-0.2, -0.15) is 0 Å². The number of hydrogen-bond acceptors (Lipinski definition) is 6. The monoisotopic (exact) mass is 478 g/mol. The first-order chi connectivity index (χ1) is 16.8. The Morgan fingerprint density at radius 1 is 1.40 bits per heavy atom. The Bertz CT molecular complexity index is 1080. The fourth-order valence-corrected chi connectivity index (χ4v) is 3.86. The minimum Gasteiger partial charge on any atom is -0.472 e. The largest absolute Gasteiger partial charge is 0.472 e. The second kappa shape index (κ2) is 12.3. The number of fused-ring (bicyclic) bond motifs is 1. The van der Waals surface area contributed by atoms with Gasteiger partial charge in [0.05, 0.1) is 25.6 Å². The summed E-state index contributed by atoms with van der Waals surface area (Å²) in [5.74, 6) is 5.93. The summed E-state index contributed by atoms with van der Waals surface area (Å²) in [6, 6.07) is 5.00. The van der Waals surface area contributed by atoms with E-state index >= 15 is 0 Å². The molecule has 0 radical (unpaired) electrons. The topological polar surface area (TPSA) is 95.9 Å². The van der Waals surface area contributed by atoms with Crippen molar-refractivity contribution in [3.8, 4) is 17.7 Å². The number of carbonyl (C=O) groups is 2. The molecule has 3 heterocycles. The Balaban J connectivity index is 1.87. The van der Waals surface area contributed by atoms with Crippen LogP contribution in [0.4, 0.5) is 0 Å². The van der Waals surface area contributed by atoms with E-state index < -0.39 is 6.10 Å². The van der Waals surface area contributed by atoms with Crippen LogP contribution in [-0.2, 0) is 11.2 Å². The number of carbonyl (C=O) groups excluding carboxylic acids is 2. The maximum Gasteiger partial charge on any atom is 0.259 e. The van der Waals surface area contributed by atoms with Crippen LogP contribution in [0.2, 0.25) is 0 Å². The van der Waals surface area contributed by atoms with Gasteiger partial charge >= 0.3 is 0 Å². The first kappa shape index (κ1) is 26.2. The highest BCUT2D eigenvalue weighted by atomic mass is 16.5. The van der Waals surface area contributed by atoms with Crippen LogP contribution in [0.15, 0.2) is 36.8 Å². The van der Waals surface area contributed by atoms with Gasteiger partial charge in [0.2, 0.25) is 11.8 Å². The highest BCUT2D eigenvalue weighted by Gasteiger charge is 2.34. The van der Waals surface area contributed by atoms with E-state index in [2.05, 4.69) is 28.7 Å². The van der Waals surface area contributed by atoms with Gasteiger partial charge in [-0.05, 0) is 31.0 Å². The Morgan fingerprint density at radius 3 is 2.89 bits per heavy atom. The summed E-state index contributed by atoms with van der Waals surface area (Å²) in [4.78, 5) is 38.1. The smallest absolute Gasteiger partial charge is 0.259 e. The van der Waals surface area contributed by atoms with Crippen LogP contribution >= 0.6 is 0 Å². The summed E-state index contributed by atoms with van der Waals surface area (Å²) in [7, 11) is 1.74. The lowest BCUT2D eigenvalue weighted by Gasteiger charge is -2.37. The number of pyridine rings is 2. The number of hydrogen-bond donors (Lipinski definition) is 1. The Hall–Kier alpha value is -3.44. The Morgan fingerprint density at radius 2 is 2.20 bits per heavy atom. The zero-order chi connectivity index (χ0) is 25.4. The van der Waals surface area contributed by atoms with Gasteiger partial charge in [-0.25, -0.2) is 4.98 Å². The van der Waals surface area contributed by atoms with Crippen molar-refractivity contribution >= 4 is 11.8 Å². The molecular formula is C27H34N4O4. The third-order valence-corrected chi connectivity index (χ3v) is 6.09. The molecular weight excluding hydrogens is 444 g/mol. The van der Waals surface area contributed by atoms with Gasteiger partial charge in [-0.15, -0.1) is 0 Å². The summed E-state index contributed by atoms with van der Waals surface area (Å²) >= 11 is 0. The maximum atomic E-state index is 13.4. The van der Waals surface area contributed by atoms with Gasteiger partial charge in [-0.3, -0.25) is 14.6 Å². The molecule has 35 heavy (non-hydrogen) atoms. The molecule has 0 fully saturated rings. The summed E-state index contributed by atoms with van der Waals surface area (Å²) in [6.07, 6.45) is 6.51. The van der Waals surface area contributed by atoms with Crippen LogP contribution in [0.3, 0.4) is 0 Å². The maximum absolute atomic E-state index is 13.4. The van der Waals surface area contributed by atoms with Crippen LogP contribution in [-0.4, -0.2) is 75.6 Å². The number of likely N-dealkylation sites (N-methyl/N-ethyl adjacent to an activating group) is 1. The van der Waals surface area contributed by atoms with Crippen molar-refractivity contribution < 1.29 is 19.4 Å². The van der Waals surface area contributed by atoms with Crippen molar-refractivity contribution in [3.63, 3.8) is 0 Å². The van der Waals surface area contributed by atoms with E-state index in [0.717, 1.165) is 18.4 Å². The molecule has 0 saturated heterocycles. The number of amides is 2. The van der Waals surface area contributed by atoms with E-state index in [0.29, 0.717) is 24.2 Å². The van der Waals surface area contributed by atoms with Crippen molar-refractivity contribution in [2.75, 3.05) is 26.7 Å². The zero-order valence-electron chi connectivity index (χ0n) is 20.9. The number of unbranched alkanes of at least 4 members (excludes halogenated alkanes) is 1. The molecule has 1 aliphatic heterocycles. The van der Waals surface area contributed by atoms with Gasteiger partial charge in [0.15, 0.2) is 0 Å². The van der Waals surface area contributed by atoms with Crippen molar-refractivity contribution in [1.82, 2.24) is 19.8 Å². The molecule has 186 valence electrons. The first-order valence-electron chi connectivity index (χ1n) is 12.0. The molecule has 0 bridgehead atoms. The molecule has 0 aliphatic carbocycles. The summed E-state index contributed by atoms with van der Waals surface area (Å²) in [5, 5.41) is 9.80. The predicted molar refractivity (Wildman–Crippen MR) is 133 cm³/mol. The van der Waals surface area contributed by atoms with E-state index in [1.165, 1.54) is 0 Å². The highest BCUT2D eigenvalue weighted by molar-refractivity contribution is 5.97. The lowest BCUT2D eigenvalue weighted by molar-refractivity contribution is -0.130. The zero-order valence-corrected chi connectivity index (χ0v) is 20.9. The van der Waals surface area contributed by atoms with Crippen molar-refractivity contribution in [3.05, 3.63) is 53.5 Å². The number of ether oxygens (including phenoxy) is 1. The van der Waals surface area contributed by atoms with E-state index in [1.807, 2.05) is 19.9 Å². The molecule has 3 atom stereocenters. The SMILES string of the molecule is CCCC#Cc1cnc2c(c1)C(=O)N([C@@H](C)CO)C[C@@H](C)[C@H](CN(C)C(=O)Cc1cccnc1)O2. The molecule has 2 aromatic rings. The quantitative estimate of drug-likeness (QED) is 0.615. The molecule has 8 heteroatoms. The number of aliphatic hydroxyl groups excluding tert-OH is 1. The third-order valence-electron chi connectivity index (χ3n) is 6.09. The third kappa shape index (κ3) is 6.80. The van der Waals surface area contributed by atoms with E-state index in [9.17, 15) is 14.7 Å². The lowest BCUT2D eigenvalue weighted by Crippen LogP contribution is -2.50. The standard InChI is InChI=1S/C27H34N4O4/c1-5-6-7-9-21-12-23-26(29-15-21)35-24(19(2)16-31(27(23)34)20(3)18-32)17-30(4)25(33)13-22-10-8-11-28-14-22/h8,10-12,14-15,19-20,24,32H,5-6,13,16-18H2,1-4H3/t19-,20+,24+/m1/s1. The summed E-state index contributed by atoms with van der Waals surface area (Å²) in [6.45, 7) is 6.38. The van der Waals surface area contributed by atoms with Crippen molar-refractivity contribution in [2.24, 2.45) is 5.92 Å². The summed E-state index contributed by atoms with van der Waals surface area (Å²) < 4.78 is 6.26. The predicted octanol–water partition coefficient (Wildman–Crippen LogP) is 2.55. The van der Waals surface area contributed by atoms with Gasteiger partial charge in [0.25, 0.3) is 5.91 Å². The molecule has 2 amide bonds.